The van der Waals surface area contributed by atoms with Gasteiger partial charge in [-0.25, -0.2) is 0 Å². The van der Waals surface area contributed by atoms with Crippen LogP contribution in [0.4, 0.5) is 34.1 Å². The minimum Gasteiger partial charge on any atom is -0.308 e. The number of fused-ring (bicyclic) bond motifs is 16. The highest BCUT2D eigenvalue weighted by molar-refractivity contribution is 6.35. The molecule has 0 bridgehead atoms. The van der Waals surface area contributed by atoms with Gasteiger partial charge in [-0.2, -0.15) is 0 Å². The lowest BCUT2D eigenvalue weighted by Crippen LogP contribution is -2.11. The standard InChI is InChI=1S/C62H38N4/c1-5-21-41(22-6-1)63(42-23-7-2-8-24-42)55-35-39-19-13-15-29-45(39)57-49-33-17-31-47-51-38-54-52(37-53(51)65(59(47)49)61(55)57)48-32-18-34-50-58-46-30-16-14-20-40(46)36-56(62(58)66(54)60(48)50)64(43-25-9-3-10-26-43)44-27-11-4-12-28-44/h1-38H. The first kappa shape index (κ1) is 35.6. The summed E-state index contributed by atoms with van der Waals surface area (Å²) in [5.41, 5.74) is 14.1. The molecule has 0 spiro atoms. The zero-order chi connectivity index (χ0) is 43.0. The minimum atomic E-state index is 1.12. The van der Waals surface area contributed by atoms with Crippen molar-refractivity contribution in [3.8, 4) is 0 Å². The zero-order valence-corrected chi connectivity index (χ0v) is 35.7. The lowest BCUT2D eigenvalue weighted by atomic mass is 9.99. The van der Waals surface area contributed by atoms with Crippen LogP contribution in [0.5, 0.6) is 0 Å². The van der Waals surface area contributed by atoms with E-state index in [1.54, 1.807) is 0 Å². The Bertz CT molecular complexity index is 4020. The van der Waals surface area contributed by atoms with Crippen LogP contribution in [0.25, 0.3) is 97.7 Å². The number of para-hydroxylation sites is 6. The van der Waals surface area contributed by atoms with Crippen LogP contribution in [0.15, 0.2) is 231 Å². The molecule has 0 aliphatic carbocycles. The second-order valence-electron chi connectivity index (χ2n) is 17.7. The first-order valence-corrected chi connectivity index (χ1v) is 22.8. The van der Waals surface area contributed by atoms with Crippen molar-refractivity contribution >= 4 is 132 Å². The lowest BCUT2D eigenvalue weighted by molar-refractivity contribution is 1.27. The van der Waals surface area contributed by atoms with Gasteiger partial charge in [0.25, 0.3) is 0 Å². The van der Waals surface area contributed by atoms with E-state index >= 15 is 0 Å². The monoisotopic (exact) mass is 838 g/mol. The fourth-order valence-corrected chi connectivity index (χ4v) is 11.6. The summed E-state index contributed by atoms with van der Waals surface area (Å²) in [5, 5.41) is 15.1. The van der Waals surface area contributed by atoms with Crippen LogP contribution in [0.1, 0.15) is 0 Å². The summed E-state index contributed by atoms with van der Waals surface area (Å²) < 4.78 is 5.18. The van der Waals surface area contributed by atoms with Gasteiger partial charge < -0.3 is 18.6 Å². The highest BCUT2D eigenvalue weighted by Crippen LogP contribution is 2.52. The molecular formula is C62H38N4. The minimum absolute atomic E-state index is 1.12. The summed E-state index contributed by atoms with van der Waals surface area (Å²) in [6.45, 7) is 0. The molecule has 0 saturated carbocycles. The van der Waals surface area contributed by atoms with E-state index in [9.17, 15) is 0 Å². The Morgan fingerprint density at radius 3 is 0.939 bits per heavy atom. The molecule has 0 aliphatic heterocycles. The van der Waals surface area contributed by atoms with Crippen LogP contribution in [-0.2, 0) is 0 Å². The second kappa shape index (κ2) is 13.3. The van der Waals surface area contributed by atoms with E-state index in [-0.39, 0.29) is 0 Å². The smallest absolute Gasteiger partial charge is 0.0789 e. The summed E-state index contributed by atoms with van der Waals surface area (Å²) in [6, 6.07) is 84.8. The van der Waals surface area contributed by atoms with Crippen LogP contribution in [0, 0.1) is 0 Å². The number of aromatic nitrogens is 2. The molecule has 0 fully saturated rings. The number of hydrogen-bond acceptors (Lipinski definition) is 2. The maximum Gasteiger partial charge on any atom is 0.0789 e. The number of hydrogen-bond donors (Lipinski definition) is 0. The highest BCUT2D eigenvalue weighted by atomic mass is 15.2. The summed E-state index contributed by atoms with van der Waals surface area (Å²) >= 11 is 0. The number of nitrogens with zero attached hydrogens (tertiary/aromatic N) is 4. The van der Waals surface area contributed by atoms with Crippen molar-refractivity contribution in [2.45, 2.75) is 0 Å². The molecule has 4 aromatic heterocycles. The fraction of sp³-hybridized carbons (Fsp3) is 0. The molecule has 0 unspecified atom stereocenters. The first-order chi connectivity index (χ1) is 32.8. The molecule has 0 aliphatic rings. The van der Waals surface area contributed by atoms with Gasteiger partial charge in [-0.3, -0.25) is 0 Å². The van der Waals surface area contributed by atoms with Gasteiger partial charge >= 0.3 is 0 Å². The van der Waals surface area contributed by atoms with Crippen molar-refractivity contribution in [2.75, 3.05) is 9.80 Å². The molecule has 4 heteroatoms. The zero-order valence-electron chi connectivity index (χ0n) is 35.7. The fourth-order valence-electron chi connectivity index (χ4n) is 11.6. The van der Waals surface area contributed by atoms with Crippen LogP contribution in [0.2, 0.25) is 0 Å². The van der Waals surface area contributed by atoms with Crippen molar-refractivity contribution in [3.63, 3.8) is 0 Å². The molecule has 66 heavy (non-hydrogen) atoms. The van der Waals surface area contributed by atoms with Gasteiger partial charge in [-0.05, 0) is 94.3 Å². The van der Waals surface area contributed by atoms with E-state index in [4.69, 9.17) is 0 Å². The van der Waals surface area contributed by atoms with Gasteiger partial charge in [-0.15, -0.1) is 0 Å². The van der Waals surface area contributed by atoms with Crippen molar-refractivity contribution < 1.29 is 0 Å². The van der Waals surface area contributed by atoms with E-state index < -0.39 is 0 Å². The van der Waals surface area contributed by atoms with E-state index in [0.29, 0.717) is 0 Å². The average Bonchev–Trinajstić information content (AvgIpc) is 4.12. The van der Waals surface area contributed by atoms with Gasteiger partial charge in [0.15, 0.2) is 0 Å². The predicted molar refractivity (Wildman–Crippen MR) is 280 cm³/mol. The molecule has 0 radical (unpaired) electrons. The molecule has 306 valence electrons. The van der Waals surface area contributed by atoms with Gasteiger partial charge in [0.05, 0.1) is 44.5 Å². The summed E-state index contributed by atoms with van der Waals surface area (Å²) in [4.78, 5) is 4.88. The molecule has 4 nitrogen and oxygen atoms in total. The Hall–Kier alpha value is -8.86. The molecule has 0 atom stereocenters. The average molecular weight is 839 g/mol. The molecule has 0 saturated heterocycles. The molecule has 0 amide bonds. The summed E-state index contributed by atoms with van der Waals surface area (Å²) in [6.07, 6.45) is 0. The Balaban J connectivity index is 1.12. The van der Waals surface area contributed by atoms with Crippen molar-refractivity contribution in [1.29, 1.82) is 0 Å². The maximum absolute atomic E-state index is 2.59. The predicted octanol–water partition coefficient (Wildman–Crippen LogP) is 17.2. The molecule has 0 N–H and O–H groups in total. The Morgan fingerprint density at radius 1 is 0.242 bits per heavy atom. The van der Waals surface area contributed by atoms with E-state index in [0.717, 1.165) is 34.1 Å². The third-order valence-corrected chi connectivity index (χ3v) is 14.2. The SMILES string of the molecule is c1ccc(N(c2ccccc2)c2cc3ccccc3c3c4cccc5c6cc7c(cc6n(c23)c54)c2cccc3c4c5ccccc5cc(N(c5ccccc5)c5ccccc5)c4n7c23)cc1. The quantitative estimate of drug-likeness (QED) is 0.166. The van der Waals surface area contributed by atoms with Crippen LogP contribution < -0.4 is 9.80 Å². The molecule has 4 heterocycles. The third kappa shape index (κ3) is 4.72. The molecular weight excluding hydrogens is 801 g/mol. The van der Waals surface area contributed by atoms with Crippen LogP contribution in [0.3, 0.4) is 0 Å². The second-order valence-corrected chi connectivity index (χ2v) is 17.7. The maximum atomic E-state index is 2.59. The third-order valence-electron chi connectivity index (χ3n) is 14.2. The van der Waals surface area contributed by atoms with E-state index in [1.165, 1.54) is 97.7 Å². The molecule has 15 aromatic rings. The van der Waals surface area contributed by atoms with E-state index in [2.05, 4.69) is 249 Å². The number of anilines is 6. The van der Waals surface area contributed by atoms with Gasteiger partial charge in [0.2, 0.25) is 0 Å². The van der Waals surface area contributed by atoms with Gasteiger partial charge in [0.1, 0.15) is 0 Å². The Labute approximate surface area is 379 Å². The van der Waals surface area contributed by atoms with Crippen LogP contribution in [-0.4, -0.2) is 8.80 Å². The van der Waals surface area contributed by atoms with Crippen molar-refractivity contribution in [3.05, 3.63) is 231 Å². The molecule has 15 rings (SSSR count). The summed E-state index contributed by atoms with van der Waals surface area (Å²) in [7, 11) is 0. The van der Waals surface area contributed by atoms with Gasteiger partial charge in [-0.1, -0.05) is 158 Å². The van der Waals surface area contributed by atoms with E-state index in [1.807, 2.05) is 0 Å². The Morgan fingerprint density at radius 2 is 0.561 bits per heavy atom. The Kier molecular flexibility index (Phi) is 7.19. The topological polar surface area (TPSA) is 15.3 Å². The van der Waals surface area contributed by atoms with Crippen molar-refractivity contribution in [1.82, 2.24) is 8.80 Å². The summed E-state index contributed by atoms with van der Waals surface area (Å²) in [5.74, 6) is 0. The first-order valence-electron chi connectivity index (χ1n) is 22.8. The number of rotatable bonds is 6. The molecule has 11 aromatic carbocycles. The highest BCUT2D eigenvalue weighted by Gasteiger charge is 2.29. The largest absolute Gasteiger partial charge is 0.308 e. The van der Waals surface area contributed by atoms with Gasteiger partial charge in [0, 0.05) is 65.8 Å². The van der Waals surface area contributed by atoms with Crippen LogP contribution >= 0.6 is 0 Å². The van der Waals surface area contributed by atoms with Crippen molar-refractivity contribution in [2.24, 2.45) is 0 Å². The normalized spacial score (nSPS) is 12.2. The lowest BCUT2D eigenvalue weighted by Gasteiger charge is -2.27. The number of benzene rings is 11.